The van der Waals surface area contributed by atoms with Gasteiger partial charge in [0.15, 0.2) is 0 Å². The number of aliphatic hydroxyl groups is 1. The monoisotopic (exact) mass is 655 g/mol. The summed E-state index contributed by atoms with van der Waals surface area (Å²) in [6.45, 7) is 19.4. The molecule has 1 aliphatic heterocycles. The van der Waals surface area contributed by atoms with Crippen LogP contribution >= 0.6 is 0 Å². The van der Waals surface area contributed by atoms with Crippen molar-refractivity contribution < 1.29 is 34.1 Å². The maximum absolute atomic E-state index is 13.3. The van der Waals surface area contributed by atoms with E-state index in [2.05, 4.69) is 41.2 Å². The predicted molar refractivity (Wildman–Crippen MR) is 179 cm³/mol. The number of carboxylic acids is 1. The highest BCUT2D eigenvalue weighted by molar-refractivity contribution is 5.76. The number of esters is 1. The number of hydrogen-bond acceptors (Lipinski definition) is 6. The van der Waals surface area contributed by atoms with Crippen LogP contribution in [0.4, 0.5) is 4.79 Å². The van der Waals surface area contributed by atoms with Crippen molar-refractivity contribution in [3.05, 3.63) is 12.2 Å². The zero-order valence-corrected chi connectivity index (χ0v) is 29.9. The Hall–Kier alpha value is -2.09. The summed E-state index contributed by atoms with van der Waals surface area (Å²) in [7, 11) is 0. The fraction of sp³-hybridized carbons (Fsp3) is 0.872. The van der Waals surface area contributed by atoms with Gasteiger partial charge in [0.25, 0.3) is 0 Å². The van der Waals surface area contributed by atoms with Gasteiger partial charge in [0, 0.05) is 18.5 Å². The van der Waals surface area contributed by atoms with Crippen molar-refractivity contribution in [2.45, 2.75) is 125 Å². The molecule has 0 aromatic heterocycles. The largest absolute Gasteiger partial charge is 0.481 e. The number of likely N-dealkylation sites (tertiary alicyclic amines) is 1. The molecule has 0 aromatic rings. The first-order valence-electron chi connectivity index (χ1n) is 18.7. The Labute approximate surface area is 282 Å². The highest BCUT2D eigenvalue weighted by atomic mass is 16.6. The van der Waals surface area contributed by atoms with Gasteiger partial charge in [-0.15, -0.1) is 0 Å². The Morgan fingerprint density at radius 1 is 0.830 bits per heavy atom. The van der Waals surface area contributed by atoms with Crippen molar-refractivity contribution in [2.75, 3.05) is 26.3 Å². The van der Waals surface area contributed by atoms with Gasteiger partial charge in [-0.2, -0.15) is 0 Å². The Kier molecular flexibility index (Phi) is 8.91. The normalized spacial score (nSPS) is 46.3. The first-order valence-corrected chi connectivity index (χ1v) is 18.7. The smallest absolute Gasteiger partial charge is 0.409 e. The molecule has 1 amide bonds. The Balaban J connectivity index is 1.20. The number of amides is 1. The number of allylic oxidation sites excluding steroid dienone is 1. The minimum atomic E-state index is -0.621. The van der Waals surface area contributed by atoms with E-state index in [1.54, 1.807) is 4.90 Å². The molecule has 8 heteroatoms. The molecule has 1 heterocycles. The lowest BCUT2D eigenvalue weighted by Gasteiger charge is -2.72. The van der Waals surface area contributed by atoms with Crippen LogP contribution in [0.1, 0.15) is 119 Å². The summed E-state index contributed by atoms with van der Waals surface area (Å²) in [6.07, 6.45) is 9.51. The molecule has 8 nitrogen and oxygen atoms in total. The van der Waals surface area contributed by atoms with Crippen LogP contribution < -0.4 is 0 Å². The molecule has 11 atom stereocenters. The number of hydrogen-bond donors (Lipinski definition) is 2. The average molecular weight is 656 g/mol. The number of nitrogens with zero attached hydrogens (tertiary/aromatic N) is 1. The number of aliphatic carboxylic acids is 1. The number of piperidine rings is 1. The summed E-state index contributed by atoms with van der Waals surface area (Å²) in [4.78, 5) is 40.2. The molecule has 6 rings (SSSR count). The van der Waals surface area contributed by atoms with Gasteiger partial charge in [-0.1, -0.05) is 39.8 Å². The maximum atomic E-state index is 13.3. The van der Waals surface area contributed by atoms with Gasteiger partial charge in [-0.3, -0.25) is 9.59 Å². The van der Waals surface area contributed by atoms with Crippen LogP contribution in [0.5, 0.6) is 0 Å². The Bertz CT molecular complexity index is 1280. The van der Waals surface area contributed by atoms with E-state index >= 15 is 0 Å². The highest BCUT2D eigenvalue weighted by Crippen LogP contribution is 2.77. The van der Waals surface area contributed by atoms with Crippen molar-refractivity contribution in [1.29, 1.82) is 0 Å². The van der Waals surface area contributed by atoms with Crippen LogP contribution in [0, 0.1) is 62.6 Å². The average Bonchev–Trinajstić information content (AvgIpc) is 3.44. The molecule has 264 valence electrons. The Morgan fingerprint density at radius 3 is 2.17 bits per heavy atom. The van der Waals surface area contributed by atoms with Crippen LogP contribution in [0.15, 0.2) is 12.2 Å². The fourth-order valence-corrected chi connectivity index (χ4v) is 13.4. The quantitative estimate of drug-likeness (QED) is 0.225. The molecule has 5 saturated carbocycles. The minimum Gasteiger partial charge on any atom is -0.481 e. The summed E-state index contributed by atoms with van der Waals surface area (Å²) >= 11 is 0. The summed E-state index contributed by atoms with van der Waals surface area (Å²) < 4.78 is 11.2. The van der Waals surface area contributed by atoms with Crippen LogP contribution in [-0.2, 0) is 19.1 Å². The molecule has 6 fully saturated rings. The number of fused-ring (bicyclic) bond motifs is 7. The van der Waals surface area contributed by atoms with E-state index in [9.17, 15) is 24.6 Å². The summed E-state index contributed by atoms with van der Waals surface area (Å²) in [5.74, 6) is 0.533. The molecule has 0 radical (unpaired) electrons. The van der Waals surface area contributed by atoms with E-state index in [0.717, 1.165) is 63.4 Å². The third kappa shape index (κ3) is 5.02. The molecule has 1 saturated heterocycles. The maximum Gasteiger partial charge on any atom is 0.409 e. The van der Waals surface area contributed by atoms with Gasteiger partial charge in [0.1, 0.15) is 6.61 Å². The number of aliphatic hydroxyl groups excluding tert-OH is 1. The summed E-state index contributed by atoms with van der Waals surface area (Å²) in [6, 6.07) is 0. The van der Waals surface area contributed by atoms with E-state index in [0.29, 0.717) is 50.8 Å². The molecule has 6 aliphatic rings. The number of carbonyl (C=O) groups is 3. The molecule has 47 heavy (non-hydrogen) atoms. The SMILES string of the molecule is C=C(C)[C@@H]1CC[C@]2(C(=O)O)CC[C@]3(C)C(CCC4[C@@]5(C)CC[C@H](O)[C@@](C)(COC(=O)N6CCC(C(=O)OCC)CC6)C5CC[C@]43C)C12. The lowest BCUT2D eigenvalue weighted by atomic mass is 9.32. The molecule has 0 bridgehead atoms. The molecular weight excluding hydrogens is 594 g/mol. The number of carbonyl (C=O) groups excluding carboxylic acids is 2. The van der Waals surface area contributed by atoms with Gasteiger partial charge >= 0.3 is 18.0 Å². The number of carboxylic acid groups (broad SMARTS) is 1. The second kappa shape index (κ2) is 12.1. The van der Waals surface area contributed by atoms with E-state index in [1.807, 2.05) is 6.92 Å². The molecule has 4 unspecified atom stereocenters. The van der Waals surface area contributed by atoms with Gasteiger partial charge in [-0.05, 0) is 137 Å². The first kappa shape index (κ1) is 34.8. The molecule has 0 aromatic carbocycles. The fourth-order valence-electron chi connectivity index (χ4n) is 13.4. The van der Waals surface area contributed by atoms with Crippen LogP contribution in [0.25, 0.3) is 0 Å². The van der Waals surface area contributed by atoms with Crippen molar-refractivity contribution in [2.24, 2.45) is 62.6 Å². The highest BCUT2D eigenvalue weighted by Gasteiger charge is 2.72. The van der Waals surface area contributed by atoms with Gasteiger partial charge in [-0.25, -0.2) is 4.79 Å². The molecular formula is C39H61NO7. The zero-order valence-electron chi connectivity index (χ0n) is 29.9. The number of rotatable bonds is 6. The predicted octanol–water partition coefficient (Wildman–Crippen LogP) is 7.48. The van der Waals surface area contributed by atoms with Crippen LogP contribution in [-0.4, -0.2) is 65.6 Å². The zero-order chi connectivity index (χ0) is 34.2. The first-order chi connectivity index (χ1) is 22.1. The van der Waals surface area contributed by atoms with Gasteiger partial charge in [0.2, 0.25) is 0 Å². The second-order valence-electron chi connectivity index (χ2n) is 17.8. The van der Waals surface area contributed by atoms with Crippen molar-refractivity contribution in [3.8, 4) is 0 Å². The van der Waals surface area contributed by atoms with E-state index in [4.69, 9.17) is 9.47 Å². The minimum absolute atomic E-state index is 0.00980. The number of ether oxygens (including phenoxy) is 2. The van der Waals surface area contributed by atoms with E-state index < -0.39 is 22.9 Å². The van der Waals surface area contributed by atoms with Gasteiger partial charge < -0.3 is 24.6 Å². The van der Waals surface area contributed by atoms with Crippen molar-refractivity contribution in [1.82, 2.24) is 4.90 Å². The molecule has 0 spiro atoms. The van der Waals surface area contributed by atoms with Crippen LogP contribution in [0.3, 0.4) is 0 Å². The molecule has 5 aliphatic carbocycles. The Morgan fingerprint density at radius 2 is 1.53 bits per heavy atom. The van der Waals surface area contributed by atoms with Crippen LogP contribution in [0.2, 0.25) is 0 Å². The lowest BCUT2D eigenvalue weighted by molar-refractivity contribution is -0.254. The van der Waals surface area contributed by atoms with E-state index in [-0.39, 0.29) is 58.6 Å². The van der Waals surface area contributed by atoms with Crippen molar-refractivity contribution in [3.63, 3.8) is 0 Å². The lowest BCUT2D eigenvalue weighted by Crippen LogP contribution is -2.67. The second-order valence-corrected chi connectivity index (χ2v) is 17.8. The summed E-state index contributed by atoms with van der Waals surface area (Å²) in [5.41, 5.74) is 0.0812. The standard InChI is InChI=1S/C39H61NO7/c1-8-46-32(42)25-14-21-40(22-15-25)34(45)47-23-36(5)28-12-17-38(7)29(35(28,4)16-13-30(36)41)10-9-27-31-26(24(2)3)11-18-39(31,33(43)44)20-19-37(27,38)6/h25-31,41H,2,8-23H2,1,3-7H3,(H,43,44)/t26-,27?,28?,29?,30-,31?,35-,36-,37+,38+,39-/m0/s1. The topological polar surface area (TPSA) is 113 Å². The third-order valence-electron chi connectivity index (χ3n) is 16.2. The van der Waals surface area contributed by atoms with E-state index in [1.165, 1.54) is 0 Å². The van der Waals surface area contributed by atoms with Gasteiger partial charge in [0.05, 0.1) is 24.0 Å². The summed E-state index contributed by atoms with van der Waals surface area (Å²) in [5, 5.41) is 22.3. The third-order valence-corrected chi connectivity index (χ3v) is 16.2. The van der Waals surface area contributed by atoms with Crippen molar-refractivity contribution >= 4 is 18.0 Å². The molecule has 2 N–H and O–H groups in total.